The van der Waals surface area contributed by atoms with Crippen molar-refractivity contribution in [2.45, 2.75) is 6.92 Å². The molecule has 1 amide bonds. The van der Waals surface area contributed by atoms with E-state index in [0.29, 0.717) is 18.0 Å². The van der Waals surface area contributed by atoms with Gasteiger partial charge in [-0.3, -0.25) is 4.79 Å². The number of hydrogen-bond donors (Lipinski definition) is 0. The summed E-state index contributed by atoms with van der Waals surface area (Å²) in [5.41, 5.74) is 0.781. The number of nitrogens with zero attached hydrogens (tertiary/aromatic N) is 2. The van der Waals surface area contributed by atoms with E-state index >= 15 is 0 Å². The lowest BCUT2D eigenvalue weighted by Crippen LogP contribution is -2.38. The molecule has 0 radical (unpaired) electrons. The first-order valence-corrected chi connectivity index (χ1v) is 4.53. The third kappa shape index (κ3) is 2.26. The van der Waals surface area contributed by atoms with E-state index in [4.69, 9.17) is 10.00 Å². The highest BCUT2D eigenvalue weighted by molar-refractivity contribution is 5.81. The van der Waals surface area contributed by atoms with Gasteiger partial charge in [-0.1, -0.05) is 13.2 Å². The SMILES string of the molecule is C=C(C#N)/C=C1\C(=C)OCC(=O)N1CC. The molecule has 0 aromatic rings. The molecule has 4 heteroatoms. The van der Waals surface area contributed by atoms with Crippen molar-refractivity contribution >= 4 is 5.91 Å². The molecule has 15 heavy (non-hydrogen) atoms. The summed E-state index contributed by atoms with van der Waals surface area (Å²) < 4.78 is 5.08. The second-order valence-corrected chi connectivity index (χ2v) is 3.02. The number of allylic oxidation sites excluding steroid dienone is 2. The summed E-state index contributed by atoms with van der Waals surface area (Å²) in [5, 5.41) is 8.61. The molecule has 0 atom stereocenters. The molecule has 1 fully saturated rings. The predicted octanol–water partition coefficient (Wildman–Crippen LogP) is 1.34. The van der Waals surface area contributed by atoms with E-state index in [1.54, 1.807) is 0 Å². The van der Waals surface area contributed by atoms with E-state index < -0.39 is 0 Å². The van der Waals surface area contributed by atoms with Crippen LogP contribution < -0.4 is 0 Å². The minimum atomic E-state index is -0.137. The fourth-order valence-electron chi connectivity index (χ4n) is 1.29. The molecule has 1 saturated heterocycles. The zero-order valence-electron chi connectivity index (χ0n) is 8.62. The average molecular weight is 204 g/mol. The van der Waals surface area contributed by atoms with Crippen LogP contribution in [0.2, 0.25) is 0 Å². The van der Waals surface area contributed by atoms with Crippen LogP contribution in [0.5, 0.6) is 0 Å². The van der Waals surface area contributed by atoms with Crippen LogP contribution >= 0.6 is 0 Å². The van der Waals surface area contributed by atoms with Crippen molar-refractivity contribution in [1.29, 1.82) is 5.26 Å². The Bertz CT molecular complexity index is 388. The van der Waals surface area contributed by atoms with E-state index in [9.17, 15) is 4.79 Å². The number of amides is 1. The molecule has 1 aliphatic rings. The number of ether oxygens (including phenoxy) is 1. The molecule has 4 nitrogen and oxygen atoms in total. The second-order valence-electron chi connectivity index (χ2n) is 3.02. The number of morpholine rings is 1. The van der Waals surface area contributed by atoms with Gasteiger partial charge < -0.3 is 9.64 Å². The van der Waals surface area contributed by atoms with Gasteiger partial charge in [0.1, 0.15) is 5.76 Å². The summed E-state index contributed by atoms with van der Waals surface area (Å²) in [7, 11) is 0. The summed E-state index contributed by atoms with van der Waals surface area (Å²) >= 11 is 0. The van der Waals surface area contributed by atoms with Gasteiger partial charge in [0, 0.05) is 12.1 Å². The summed E-state index contributed by atoms with van der Waals surface area (Å²) in [4.78, 5) is 13.0. The Labute approximate surface area is 88.7 Å². The number of hydrogen-bond acceptors (Lipinski definition) is 3. The Hall–Kier alpha value is -2.02. The minimum Gasteiger partial charge on any atom is -0.482 e. The molecular formula is C11H12N2O2. The fourth-order valence-corrected chi connectivity index (χ4v) is 1.29. The zero-order chi connectivity index (χ0) is 11.4. The van der Waals surface area contributed by atoms with Crippen LogP contribution in [0.1, 0.15) is 6.92 Å². The maximum absolute atomic E-state index is 11.5. The van der Waals surface area contributed by atoms with Gasteiger partial charge in [0.25, 0.3) is 5.91 Å². The van der Waals surface area contributed by atoms with Gasteiger partial charge in [-0.05, 0) is 13.0 Å². The molecule has 1 heterocycles. The average Bonchev–Trinajstić information content (AvgIpc) is 2.23. The van der Waals surface area contributed by atoms with Gasteiger partial charge in [0.05, 0.1) is 11.8 Å². The summed E-state index contributed by atoms with van der Waals surface area (Å²) in [5.74, 6) is 0.259. The van der Waals surface area contributed by atoms with E-state index in [-0.39, 0.29) is 18.1 Å². The molecule has 0 aliphatic carbocycles. The lowest BCUT2D eigenvalue weighted by Gasteiger charge is -2.30. The summed E-state index contributed by atoms with van der Waals surface area (Å²) in [6.45, 7) is 9.57. The highest BCUT2D eigenvalue weighted by atomic mass is 16.5. The number of carbonyl (C=O) groups is 1. The minimum absolute atomic E-state index is 0.00302. The normalized spacial score (nSPS) is 18.7. The van der Waals surface area contributed by atoms with Crippen molar-refractivity contribution in [3.05, 3.63) is 36.3 Å². The van der Waals surface area contributed by atoms with E-state index in [1.165, 1.54) is 11.0 Å². The molecule has 0 spiro atoms. The van der Waals surface area contributed by atoms with Gasteiger partial charge in [-0.15, -0.1) is 0 Å². The quantitative estimate of drug-likeness (QED) is 0.638. The first-order chi connectivity index (χ1) is 7.10. The largest absolute Gasteiger partial charge is 0.482 e. The molecule has 0 bridgehead atoms. The molecule has 0 aromatic heterocycles. The smallest absolute Gasteiger partial charge is 0.265 e. The fraction of sp³-hybridized carbons (Fsp3) is 0.273. The van der Waals surface area contributed by atoms with Crippen LogP contribution in [-0.2, 0) is 9.53 Å². The monoisotopic (exact) mass is 204 g/mol. The number of likely N-dealkylation sites (N-methyl/N-ethyl adjacent to an activating group) is 1. The van der Waals surface area contributed by atoms with E-state index in [2.05, 4.69) is 13.2 Å². The number of nitriles is 1. The highest BCUT2D eigenvalue weighted by Gasteiger charge is 2.25. The molecule has 0 saturated carbocycles. The zero-order valence-corrected chi connectivity index (χ0v) is 8.62. The van der Waals surface area contributed by atoms with Crippen LogP contribution in [0.15, 0.2) is 36.3 Å². The number of rotatable bonds is 2. The van der Waals surface area contributed by atoms with E-state index in [0.717, 1.165) is 0 Å². The van der Waals surface area contributed by atoms with Gasteiger partial charge in [0.2, 0.25) is 0 Å². The lowest BCUT2D eigenvalue weighted by molar-refractivity contribution is -0.135. The van der Waals surface area contributed by atoms with Crippen molar-refractivity contribution in [2.75, 3.05) is 13.2 Å². The molecule has 0 aromatic carbocycles. The van der Waals surface area contributed by atoms with Crippen molar-refractivity contribution in [3.63, 3.8) is 0 Å². The van der Waals surface area contributed by atoms with Crippen LogP contribution in [-0.4, -0.2) is 24.0 Å². The Morgan fingerprint density at radius 3 is 3.00 bits per heavy atom. The van der Waals surface area contributed by atoms with Crippen LogP contribution in [0, 0.1) is 11.3 Å². The van der Waals surface area contributed by atoms with Crippen molar-refractivity contribution in [2.24, 2.45) is 0 Å². The van der Waals surface area contributed by atoms with Crippen LogP contribution in [0.4, 0.5) is 0 Å². The first-order valence-electron chi connectivity index (χ1n) is 4.53. The van der Waals surface area contributed by atoms with Gasteiger partial charge in [-0.2, -0.15) is 5.26 Å². The van der Waals surface area contributed by atoms with Crippen molar-refractivity contribution in [3.8, 4) is 6.07 Å². The molecular weight excluding hydrogens is 192 g/mol. The van der Waals surface area contributed by atoms with E-state index in [1.807, 2.05) is 13.0 Å². The lowest BCUT2D eigenvalue weighted by atomic mass is 10.2. The summed E-state index contributed by atoms with van der Waals surface area (Å²) in [6, 6.07) is 1.89. The standard InChI is InChI=1S/C11H12N2O2/c1-4-13-10(5-8(2)6-12)9(3)15-7-11(13)14/h5H,2-4,7H2,1H3/b10-5+. The van der Waals surface area contributed by atoms with Gasteiger partial charge in [0.15, 0.2) is 6.61 Å². The highest BCUT2D eigenvalue weighted by Crippen LogP contribution is 2.21. The Kier molecular flexibility index (Phi) is 3.29. The van der Waals surface area contributed by atoms with Crippen molar-refractivity contribution < 1.29 is 9.53 Å². The summed E-state index contributed by atoms with van der Waals surface area (Å²) in [6.07, 6.45) is 1.50. The Balaban J connectivity index is 3.05. The molecule has 0 N–H and O–H groups in total. The van der Waals surface area contributed by atoms with Gasteiger partial charge in [-0.25, -0.2) is 0 Å². The van der Waals surface area contributed by atoms with Crippen LogP contribution in [0.25, 0.3) is 0 Å². The predicted molar refractivity (Wildman–Crippen MR) is 55.3 cm³/mol. The Morgan fingerprint density at radius 1 is 1.80 bits per heavy atom. The Morgan fingerprint density at radius 2 is 2.47 bits per heavy atom. The third-order valence-corrected chi connectivity index (χ3v) is 2.02. The number of carbonyl (C=O) groups excluding carboxylic acids is 1. The maximum Gasteiger partial charge on any atom is 0.265 e. The maximum atomic E-state index is 11.5. The topological polar surface area (TPSA) is 53.3 Å². The third-order valence-electron chi connectivity index (χ3n) is 2.02. The molecule has 78 valence electrons. The van der Waals surface area contributed by atoms with Gasteiger partial charge >= 0.3 is 0 Å². The second kappa shape index (κ2) is 4.47. The molecule has 1 rings (SSSR count). The molecule has 1 aliphatic heterocycles. The van der Waals surface area contributed by atoms with Crippen LogP contribution in [0.3, 0.4) is 0 Å². The molecule has 0 unspecified atom stereocenters. The first kappa shape index (κ1) is 11.1. The van der Waals surface area contributed by atoms with Crippen molar-refractivity contribution in [1.82, 2.24) is 4.90 Å².